The largest absolute Gasteiger partial charge is 0.365 e. The van der Waals surface area contributed by atoms with Gasteiger partial charge in [0.05, 0.1) is 0 Å². The molecule has 1 aliphatic rings. The number of nitrogens with one attached hydrogen (secondary N) is 1. The number of hydrogen-bond donors (Lipinski definition) is 3. The molecule has 0 amide bonds. The van der Waals surface area contributed by atoms with Gasteiger partial charge in [-0.2, -0.15) is 0 Å². The molecule has 126 valence electrons. The molecule has 0 radical (unpaired) electrons. The van der Waals surface area contributed by atoms with Gasteiger partial charge in [-0.05, 0) is 56.8 Å². The molecule has 0 atom stereocenters. The average molecular weight is 306 g/mol. The molecule has 5 N–H and O–H groups in total. The Bertz CT molecular complexity index is 331. The van der Waals surface area contributed by atoms with Crippen molar-refractivity contribution in [2.75, 3.05) is 13.1 Å². The number of nitrogens with two attached hydrogens (primary N) is 2. The molecule has 1 rings (SSSR count). The molecule has 22 heavy (non-hydrogen) atoms. The first-order valence-corrected chi connectivity index (χ1v) is 9.08. The zero-order chi connectivity index (χ0) is 15.9. The molecule has 0 aliphatic carbocycles. The minimum absolute atomic E-state index is 0.656. The molecule has 0 saturated heterocycles. The van der Waals surface area contributed by atoms with Crippen LogP contribution in [-0.2, 0) is 0 Å². The third kappa shape index (κ3) is 9.06. The van der Waals surface area contributed by atoms with Gasteiger partial charge in [-0.1, -0.05) is 50.7 Å². The van der Waals surface area contributed by atoms with Gasteiger partial charge in [0.1, 0.15) is 0 Å². The van der Waals surface area contributed by atoms with Crippen molar-refractivity contribution in [2.45, 2.75) is 64.2 Å². The fourth-order valence-electron chi connectivity index (χ4n) is 2.96. The molecular weight excluding hydrogens is 270 g/mol. The highest BCUT2D eigenvalue weighted by atomic mass is 14.9. The van der Waals surface area contributed by atoms with Crippen molar-refractivity contribution >= 4 is 0 Å². The lowest BCUT2D eigenvalue weighted by Crippen LogP contribution is -2.16. The molecule has 0 aromatic rings. The zero-order valence-electron chi connectivity index (χ0n) is 14.1. The van der Waals surface area contributed by atoms with E-state index in [4.69, 9.17) is 11.5 Å². The van der Waals surface area contributed by atoms with Crippen molar-refractivity contribution < 1.29 is 0 Å². The highest BCUT2D eigenvalue weighted by Crippen LogP contribution is 2.24. The van der Waals surface area contributed by atoms with Crippen LogP contribution < -0.4 is 16.8 Å². The van der Waals surface area contributed by atoms with E-state index in [1.807, 2.05) is 6.20 Å². The minimum Gasteiger partial charge on any atom is -0.365 e. The van der Waals surface area contributed by atoms with Crippen LogP contribution in [0.15, 0.2) is 36.2 Å². The maximum Gasteiger partial charge on any atom is 0.0178 e. The summed E-state index contributed by atoms with van der Waals surface area (Å²) in [5.41, 5.74) is 12.5. The highest BCUT2D eigenvalue weighted by molar-refractivity contribution is 5.22. The number of hydrogen-bond acceptors (Lipinski definition) is 3. The van der Waals surface area contributed by atoms with E-state index in [-0.39, 0.29) is 0 Å². The topological polar surface area (TPSA) is 64.1 Å². The SMILES string of the molecule is NCCCCCCC(CCCCCCN)C1=CC=CC=CN1. The third-order valence-corrected chi connectivity index (χ3v) is 4.30. The summed E-state index contributed by atoms with van der Waals surface area (Å²) in [7, 11) is 0. The standard InChI is InChI=1S/C19H35N3/c20-15-9-3-1-6-12-18(13-7-2-4-10-16-21)19-14-8-5-11-17-22-19/h5,8,11,14,17-18,22H,1-4,6-7,9-10,12-13,15-16,20-21H2. The van der Waals surface area contributed by atoms with Crippen molar-refractivity contribution in [3.8, 4) is 0 Å². The monoisotopic (exact) mass is 305 g/mol. The Kier molecular flexibility index (Phi) is 11.7. The van der Waals surface area contributed by atoms with Gasteiger partial charge >= 0.3 is 0 Å². The van der Waals surface area contributed by atoms with Crippen LogP contribution in [0.3, 0.4) is 0 Å². The molecule has 0 aromatic heterocycles. The van der Waals surface area contributed by atoms with E-state index in [0.717, 1.165) is 25.9 Å². The maximum atomic E-state index is 5.57. The zero-order valence-corrected chi connectivity index (χ0v) is 14.1. The first kappa shape index (κ1) is 19.0. The van der Waals surface area contributed by atoms with Crippen LogP contribution in [0.1, 0.15) is 64.2 Å². The maximum absolute atomic E-state index is 5.57. The van der Waals surface area contributed by atoms with Crippen LogP contribution in [0.5, 0.6) is 0 Å². The molecule has 0 unspecified atom stereocenters. The average Bonchev–Trinajstić information content (AvgIpc) is 2.81. The predicted molar refractivity (Wildman–Crippen MR) is 97.3 cm³/mol. The lowest BCUT2D eigenvalue weighted by Gasteiger charge is -2.20. The number of rotatable bonds is 13. The van der Waals surface area contributed by atoms with Crippen LogP contribution in [0.4, 0.5) is 0 Å². The van der Waals surface area contributed by atoms with Crippen LogP contribution in [0.2, 0.25) is 0 Å². The fraction of sp³-hybridized carbons (Fsp3) is 0.684. The van der Waals surface area contributed by atoms with Crippen LogP contribution >= 0.6 is 0 Å². The Morgan fingerprint density at radius 1 is 0.727 bits per heavy atom. The molecule has 0 spiro atoms. The molecule has 0 aromatic carbocycles. The molecule has 0 bridgehead atoms. The predicted octanol–water partition coefficient (Wildman–Crippen LogP) is 3.98. The van der Waals surface area contributed by atoms with E-state index < -0.39 is 0 Å². The molecular formula is C19H35N3. The van der Waals surface area contributed by atoms with Crippen LogP contribution in [0.25, 0.3) is 0 Å². The minimum atomic E-state index is 0.656. The Balaban J connectivity index is 2.36. The normalized spacial score (nSPS) is 14.0. The second-order valence-corrected chi connectivity index (χ2v) is 6.19. The lowest BCUT2D eigenvalue weighted by molar-refractivity contribution is 0.441. The van der Waals surface area contributed by atoms with Gasteiger partial charge in [0.2, 0.25) is 0 Å². The summed E-state index contributed by atoms with van der Waals surface area (Å²) in [6, 6.07) is 0. The van der Waals surface area contributed by atoms with E-state index in [9.17, 15) is 0 Å². The van der Waals surface area contributed by atoms with Gasteiger partial charge < -0.3 is 16.8 Å². The molecule has 1 aliphatic heterocycles. The van der Waals surface area contributed by atoms with Crippen molar-refractivity contribution in [1.29, 1.82) is 0 Å². The molecule has 0 saturated carbocycles. The summed E-state index contributed by atoms with van der Waals surface area (Å²) in [6.45, 7) is 1.65. The Morgan fingerprint density at radius 2 is 1.32 bits per heavy atom. The molecule has 3 nitrogen and oxygen atoms in total. The van der Waals surface area contributed by atoms with E-state index in [0.29, 0.717) is 5.92 Å². The van der Waals surface area contributed by atoms with Gasteiger partial charge in [0, 0.05) is 11.9 Å². The van der Waals surface area contributed by atoms with Gasteiger partial charge in [-0.25, -0.2) is 0 Å². The van der Waals surface area contributed by atoms with Crippen molar-refractivity contribution in [3.63, 3.8) is 0 Å². The summed E-state index contributed by atoms with van der Waals surface area (Å²) in [6.07, 6.45) is 23.2. The van der Waals surface area contributed by atoms with Crippen molar-refractivity contribution in [2.24, 2.45) is 17.4 Å². The van der Waals surface area contributed by atoms with E-state index in [1.165, 1.54) is 57.1 Å². The summed E-state index contributed by atoms with van der Waals surface area (Å²) in [5.74, 6) is 0.656. The summed E-state index contributed by atoms with van der Waals surface area (Å²) >= 11 is 0. The summed E-state index contributed by atoms with van der Waals surface area (Å²) in [5, 5.41) is 3.46. The Labute approximate surface area is 136 Å². The first-order chi connectivity index (χ1) is 10.9. The second kappa shape index (κ2) is 13.6. The van der Waals surface area contributed by atoms with Crippen molar-refractivity contribution in [3.05, 3.63) is 36.2 Å². The quantitative estimate of drug-likeness (QED) is 0.451. The molecule has 1 heterocycles. The fourth-order valence-corrected chi connectivity index (χ4v) is 2.96. The van der Waals surface area contributed by atoms with Gasteiger partial charge in [-0.3, -0.25) is 0 Å². The van der Waals surface area contributed by atoms with Crippen molar-refractivity contribution in [1.82, 2.24) is 5.32 Å². The molecule has 3 heteroatoms. The second-order valence-electron chi connectivity index (χ2n) is 6.19. The molecule has 0 fully saturated rings. The van der Waals surface area contributed by atoms with E-state index in [2.05, 4.69) is 29.6 Å². The smallest absolute Gasteiger partial charge is 0.0178 e. The van der Waals surface area contributed by atoms with Gasteiger partial charge in [0.25, 0.3) is 0 Å². The summed E-state index contributed by atoms with van der Waals surface area (Å²) in [4.78, 5) is 0. The number of unbranched alkanes of at least 4 members (excludes halogenated alkanes) is 6. The third-order valence-electron chi connectivity index (χ3n) is 4.30. The number of allylic oxidation sites excluding steroid dienone is 5. The summed E-state index contributed by atoms with van der Waals surface area (Å²) < 4.78 is 0. The van der Waals surface area contributed by atoms with Gasteiger partial charge in [-0.15, -0.1) is 0 Å². The van der Waals surface area contributed by atoms with E-state index >= 15 is 0 Å². The Hall–Kier alpha value is -1.06. The lowest BCUT2D eigenvalue weighted by atomic mass is 9.91. The first-order valence-electron chi connectivity index (χ1n) is 9.08. The highest BCUT2D eigenvalue weighted by Gasteiger charge is 2.13. The van der Waals surface area contributed by atoms with Gasteiger partial charge in [0.15, 0.2) is 0 Å². The van der Waals surface area contributed by atoms with Crippen LogP contribution in [-0.4, -0.2) is 13.1 Å². The van der Waals surface area contributed by atoms with E-state index in [1.54, 1.807) is 0 Å². The van der Waals surface area contributed by atoms with Crippen LogP contribution in [0, 0.1) is 5.92 Å². The Morgan fingerprint density at radius 3 is 1.91 bits per heavy atom.